The molecular formula is C32H32N4O4. The number of nitrogens with one attached hydrogen (secondary N) is 1. The van der Waals surface area contributed by atoms with Crippen molar-refractivity contribution in [1.82, 2.24) is 9.88 Å². The van der Waals surface area contributed by atoms with E-state index in [-0.39, 0.29) is 11.8 Å². The van der Waals surface area contributed by atoms with Crippen molar-refractivity contribution >= 4 is 16.5 Å². The minimum Gasteiger partial charge on any atom is -0.494 e. The van der Waals surface area contributed by atoms with E-state index in [1.54, 1.807) is 12.1 Å². The third-order valence-electron chi connectivity index (χ3n) is 8.87. The molecule has 1 aromatic heterocycles. The summed E-state index contributed by atoms with van der Waals surface area (Å²) in [6, 6.07) is 21.5. The van der Waals surface area contributed by atoms with E-state index >= 15 is 0 Å². The Balaban J connectivity index is 1.21. The second-order valence-corrected chi connectivity index (χ2v) is 11.2. The maximum Gasteiger partial charge on any atom is 0.205 e. The normalized spacial score (nSPS) is 23.4. The molecule has 4 heterocycles. The summed E-state index contributed by atoms with van der Waals surface area (Å²) in [6.45, 7) is 6.27. The molecule has 7 rings (SSSR count). The summed E-state index contributed by atoms with van der Waals surface area (Å²) in [4.78, 5) is 2.35. The molecule has 40 heavy (non-hydrogen) atoms. The highest BCUT2D eigenvalue weighted by Gasteiger charge is 2.61. The average molecular weight is 537 g/mol. The molecule has 2 saturated heterocycles. The number of aromatic nitrogens is 1. The van der Waals surface area contributed by atoms with Gasteiger partial charge in [-0.1, -0.05) is 30.3 Å². The lowest BCUT2D eigenvalue weighted by Crippen LogP contribution is -2.43. The van der Waals surface area contributed by atoms with Crippen LogP contribution in [-0.2, 0) is 15.9 Å². The molecule has 0 spiro atoms. The zero-order valence-corrected chi connectivity index (χ0v) is 22.5. The van der Waals surface area contributed by atoms with Crippen LogP contribution in [0, 0.1) is 11.3 Å². The third-order valence-corrected chi connectivity index (χ3v) is 8.87. The highest BCUT2D eigenvalue weighted by molar-refractivity contribution is 5.95. The summed E-state index contributed by atoms with van der Waals surface area (Å²) in [6.07, 6.45) is 2.01. The number of hydrogen-bond acceptors (Lipinski definition) is 7. The molecule has 0 aliphatic carbocycles. The minimum absolute atomic E-state index is 0.0175. The van der Waals surface area contributed by atoms with Crippen LogP contribution in [0.1, 0.15) is 42.9 Å². The predicted molar refractivity (Wildman–Crippen MR) is 152 cm³/mol. The van der Waals surface area contributed by atoms with E-state index in [4.69, 9.17) is 9.47 Å². The van der Waals surface area contributed by atoms with E-state index < -0.39 is 11.2 Å². The third kappa shape index (κ3) is 3.65. The van der Waals surface area contributed by atoms with E-state index in [1.807, 2.05) is 43.3 Å². The van der Waals surface area contributed by atoms with E-state index in [2.05, 4.69) is 28.4 Å². The van der Waals surface area contributed by atoms with Gasteiger partial charge in [0, 0.05) is 55.1 Å². The summed E-state index contributed by atoms with van der Waals surface area (Å²) in [5, 5.41) is 37.8. The van der Waals surface area contributed by atoms with Gasteiger partial charge < -0.3 is 29.9 Å². The summed E-state index contributed by atoms with van der Waals surface area (Å²) >= 11 is 0. The molecule has 0 saturated carbocycles. The SMILES string of the molecule is C[C@]12CC[C@](CCOc3cccc(N4CCNCC4)c3)(O1)c1c2c(O)n(-c2ccc(C#N)c3ccccc23)c1O. The molecule has 8 nitrogen and oxygen atoms in total. The lowest BCUT2D eigenvalue weighted by molar-refractivity contribution is -0.0876. The standard InChI is InChI=1S/C32H32N4O4/c1-31-11-12-32(40-31,13-18-39-23-6-4-5-22(19-23)35-16-14-34-15-17-35)28-27(31)29(37)36(30(28)38)26-10-9-21(20-33)24-7-2-3-8-25(24)26/h2-10,19,34,37-38H,11-18H2,1H3/t31-,32-/m1/s1. The number of anilines is 1. The monoisotopic (exact) mass is 536 g/mol. The van der Waals surface area contributed by atoms with Crippen LogP contribution in [0.3, 0.4) is 0 Å². The molecule has 3 aromatic carbocycles. The molecule has 204 valence electrons. The molecule has 2 fully saturated rings. The van der Waals surface area contributed by atoms with Crippen LogP contribution in [0.25, 0.3) is 16.5 Å². The molecule has 0 amide bonds. The Morgan fingerprint density at radius 1 is 0.975 bits per heavy atom. The van der Waals surface area contributed by atoms with Crippen molar-refractivity contribution in [3.63, 3.8) is 0 Å². The van der Waals surface area contributed by atoms with Crippen LogP contribution < -0.4 is 15.0 Å². The van der Waals surface area contributed by atoms with Crippen molar-refractivity contribution < 1.29 is 19.7 Å². The lowest BCUT2D eigenvalue weighted by atomic mass is 9.78. The molecule has 4 aromatic rings. The number of ether oxygens (including phenoxy) is 2. The number of aromatic hydroxyl groups is 2. The van der Waals surface area contributed by atoms with Crippen molar-refractivity contribution in [2.45, 2.75) is 37.4 Å². The van der Waals surface area contributed by atoms with Crippen LogP contribution in [0.5, 0.6) is 17.5 Å². The van der Waals surface area contributed by atoms with Gasteiger partial charge in [0.05, 0.1) is 40.7 Å². The van der Waals surface area contributed by atoms with Crippen molar-refractivity contribution in [2.24, 2.45) is 0 Å². The van der Waals surface area contributed by atoms with Crippen LogP contribution in [0.2, 0.25) is 0 Å². The number of nitriles is 1. The fourth-order valence-electron chi connectivity index (χ4n) is 6.94. The number of rotatable bonds is 6. The zero-order chi connectivity index (χ0) is 27.5. The van der Waals surface area contributed by atoms with Gasteiger partial charge in [-0.3, -0.25) is 4.57 Å². The molecule has 2 bridgehead atoms. The summed E-state index contributed by atoms with van der Waals surface area (Å²) in [5.41, 5.74) is 2.15. The summed E-state index contributed by atoms with van der Waals surface area (Å²) < 4.78 is 14.4. The minimum atomic E-state index is -0.755. The van der Waals surface area contributed by atoms with Crippen molar-refractivity contribution in [3.8, 4) is 29.3 Å². The van der Waals surface area contributed by atoms with Crippen LogP contribution in [-0.4, -0.2) is 47.6 Å². The largest absolute Gasteiger partial charge is 0.494 e. The fraction of sp³-hybridized carbons (Fsp3) is 0.344. The van der Waals surface area contributed by atoms with Gasteiger partial charge in [0.25, 0.3) is 0 Å². The average Bonchev–Trinajstić information content (AvgIpc) is 3.57. The quantitative estimate of drug-likeness (QED) is 0.318. The highest BCUT2D eigenvalue weighted by atomic mass is 16.5. The van der Waals surface area contributed by atoms with E-state index in [1.165, 1.54) is 4.57 Å². The Hall–Kier alpha value is -4.19. The molecule has 2 atom stereocenters. The lowest BCUT2D eigenvalue weighted by Gasteiger charge is -2.30. The molecule has 3 N–H and O–H groups in total. The van der Waals surface area contributed by atoms with Gasteiger partial charge >= 0.3 is 0 Å². The number of piperazine rings is 1. The number of fused-ring (bicyclic) bond motifs is 6. The Morgan fingerprint density at radius 2 is 1.75 bits per heavy atom. The Bertz CT molecular complexity index is 1670. The molecule has 0 unspecified atom stereocenters. The number of benzene rings is 3. The van der Waals surface area contributed by atoms with E-state index in [0.29, 0.717) is 35.4 Å². The van der Waals surface area contributed by atoms with Gasteiger partial charge in [-0.15, -0.1) is 0 Å². The fourth-order valence-corrected chi connectivity index (χ4v) is 6.94. The van der Waals surface area contributed by atoms with E-state index in [0.717, 1.165) is 61.2 Å². The molecule has 8 heteroatoms. The first kappa shape index (κ1) is 24.8. The highest BCUT2D eigenvalue weighted by Crippen LogP contribution is 2.65. The first-order valence-corrected chi connectivity index (χ1v) is 13.9. The van der Waals surface area contributed by atoms with Crippen LogP contribution in [0.4, 0.5) is 5.69 Å². The van der Waals surface area contributed by atoms with E-state index in [9.17, 15) is 15.5 Å². The molecular weight excluding hydrogens is 504 g/mol. The van der Waals surface area contributed by atoms with Gasteiger partial charge in [0.15, 0.2) is 0 Å². The number of nitrogens with zero attached hydrogens (tertiary/aromatic N) is 3. The number of hydrogen-bond donors (Lipinski definition) is 3. The van der Waals surface area contributed by atoms with Gasteiger partial charge in [0.2, 0.25) is 11.8 Å². The Kier molecular flexibility index (Phi) is 5.70. The predicted octanol–water partition coefficient (Wildman–Crippen LogP) is 5.03. The van der Waals surface area contributed by atoms with Gasteiger partial charge in [0.1, 0.15) is 11.4 Å². The van der Waals surface area contributed by atoms with Crippen molar-refractivity contribution in [2.75, 3.05) is 37.7 Å². The summed E-state index contributed by atoms with van der Waals surface area (Å²) in [7, 11) is 0. The van der Waals surface area contributed by atoms with Crippen molar-refractivity contribution in [3.05, 3.63) is 77.4 Å². The van der Waals surface area contributed by atoms with Crippen LogP contribution >= 0.6 is 0 Å². The van der Waals surface area contributed by atoms with Gasteiger partial charge in [-0.05, 0) is 44.0 Å². The van der Waals surface area contributed by atoms with Crippen LogP contribution in [0.15, 0.2) is 60.7 Å². The first-order chi connectivity index (χ1) is 19.4. The second kappa shape index (κ2) is 9.19. The maximum atomic E-state index is 11.7. The Morgan fingerprint density at radius 3 is 2.55 bits per heavy atom. The maximum absolute atomic E-state index is 11.7. The van der Waals surface area contributed by atoms with Crippen molar-refractivity contribution in [1.29, 1.82) is 5.26 Å². The zero-order valence-electron chi connectivity index (χ0n) is 22.5. The smallest absolute Gasteiger partial charge is 0.205 e. The van der Waals surface area contributed by atoms with Gasteiger partial charge in [-0.25, -0.2) is 0 Å². The summed E-state index contributed by atoms with van der Waals surface area (Å²) in [5.74, 6) is 0.766. The molecule has 0 radical (unpaired) electrons. The Labute approximate surface area is 233 Å². The molecule has 3 aliphatic heterocycles. The topological polar surface area (TPSA) is 103 Å². The van der Waals surface area contributed by atoms with Gasteiger partial charge in [-0.2, -0.15) is 5.26 Å². The second-order valence-electron chi connectivity index (χ2n) is 11.2. The first-order valence-electron chi connectivity index (χ1n) is 13.9. The molecule has 3 aliphatic rings.